The highest BCUT2D eigenvalue weighted by Gasteiger charge is 2.06. The molecule has 3 rings (SSSR count). The highest BCUT2D eigenvalue weighted by molar-refractivity contribution is 5.69. The topological polar surface area (TPSA) is 55.8 Å². The Labute approximate surface area is 174 Å². The van der Waals surface area contributed by atoms with Gasteiger partial charge in [0.05, 0.1) is 6.61 Å². The van der Waals surface area contributed by atoms with Crippen molar-refractivity contribution < 1.29 is 22.1 Å². The smallest absolute Gasteiger partial charge is 0.303 e. The Balaban J connectivity index is 1.66. The maximum Gasteiger partial charge on any atom is 0.303 e. The summed E-state index contributed by atoms with van der Waals surface area (Å²) in [5.74, 6) is 0.0425. The van der Waals surface area contributed by atoms with Crippen molar-refractivity contribution in [3.8, 4) is 22.6 Å². The summed E-state index contributed by atoms with van der Waals surface area (Å²) in [5.41, 5.74) is 5.01. The molecule has 0 amide bonds. The first-order valence-corrected chi connectivity index (χ1v) is 9.56. The summed E-state index contributed by atoms with van der Waals surface area (Å²) in [6.45, 7) is 5.06. The zero-order chi connectivity index (χ0) is 22.4. The summed E-state index contributed by atoms with van der Waals surface area (Å²) in [6, 6.07) is 21.1. The maximum atomic E-state index is 10.9. The van der Waals surface area contributed by atoms with Crippen molar-refractivity contribution in [1.29, 1.82) is 0 Å². The van der Waals surface area contributed by atoms with Crippen LogP contribution in [0.3, 0.4) is 0 Å². The molecule has 0 saturated heterocycles. The van der Waals surface area contributed by atoms with E-state index in [0.717, 1.165) is 28.0 Å². The zero-order valence-electron chi connectivity index (χ0n) is 18.6. The van der Waals surface area contributed by atoms with E-state index in [4.69, 9.17) is 17.3 Å². The lowest BCUT2D eigenvalue weighted by Crippen LogP contribution is -1.98. The molecule has 0 heterocycles. The SMILES string of the molecule is [2H]C([2H])(Cc1ccc(OCc2cccc(-c3ccc(OCC)cc3C)c2)cc1)C(=O)O. The molecule has 0 spiro atoms. The molecule has 1 N–H and O–H groups in total. The van der Waals surface area contributed by atoms with Gasteiger partial charge < -0.3 is 14.6 Å². The molecule has 0 aromatic heterocycles. The Morgan fingerprint density at radius 1 is 0.966 bits per heavy atom. The monoisotopic (exact) mass is 392 g/mol. The van der Waals surface area contributed by atoms with E-state index in [2.05, 4.69) is 25.1 Å². The van der Waals surface area contributed by atoms with E-state index in [1.807, 2.05) is 31.2 Å². The molecule has 0 unspecified atom stereocenters. The number of ether oxygens (including phenoxy) is 2. The van der Waals surface area contributed by atoms with Gasteiger partial charge in [0.15, 0.2) is 0 Å². The molecule has 4 nitrogen and oxygen atoms in total. The third-order valence-corrected chi connectivity index (χ3v) is 4.52. The summed E-state index contributed by atoms with van der Waals surface area (Å²) in [4.78, 5) is 10.9. The van der Waals surface area contributed by atoms with Gasteiger partial charge in [-0.25, -0.2) is 0 Å². The van der Waals surface area contributed by atoms with Crippen LogP contribution in [-0.4, -0.2) is 17.7 Å². The van der Waals surface area contributed by atoms with Gasteiger partial charge in [0.2, 0.25) is 0 Å². The van der Waals surface area contributed by atoms with Crippen LogP contribution in [-0.2, 0) is 17.8 Å². The number of carboxylic acids is 1. The normalized spacial score (nSPS) is 12.1. The van der Waals surface area contributed by atoms with Crippen molar-refractivity contribution in [3.05, 3.63) is 83.4 Å². The van der Waals surface area contributed by atoms with Crippen LogP contribution in [0.1, 0.15) is 32.7 Å². The van der Waals surface area contributed by atoms with Crippen molar-refractivity contribution in [2.24, 2.45) is 0 Å². The summed E-state index contributed by atoms with van der Waals surface area (Å²) in [5, 5.41) is 8.92. The molecule has 0 saturated carbocycles. The number of hydrogen-bond donors (Lipinski definition) is 1. The van der Waals surface area contributed by atoms with Crippen LogP contribution in [0.2, 0.25) is 0 Å². The number of rotatable bonds is 9. The van der Waals surface area contributed by atoms with E-state index < -0.39 is 12.3 Å². The molecular weight excluding hydrogens is 364 g/mol. The highest BCUT2D eigenvalue weighted by Crippen LogP contribution is 2.28. The summed E-state index contributed by atoms with van der Waals surface area (Å²) in [6.07, 6.45) is -2.48. The number of aryl methyl sites for hydroxylation is 2. The fourth-order valence-corrected chi connectivity index (χ4v) is 3.09. The predicted molar refractivity (Wildman–Crippen MR) is 115 cm³/mol. The van der Waals surface area contributed by atoms with Crippen molar-refractivity contribution in [2.45, 2.75) is 33.2 Å². The van der Waals surface area contributed by atoms with E-state index >= 15 is 0 Å². The third kappa shape index (κ3) is 5.85. The van der Waals surface area contributed by atoms with Gasteiger partial charge in [-0.3, -0.25) is 4.79 Å². The molecule has 3 aromatic rings. The number of aliphatic carboxylic acids is 1. The minimum atomic E-state index is -2.29. The second kappa shape index (κ2) is 9.78. The second-order valence-electron chi connectivity index (χ2n) is 6.70. The zero-order valence-corrected chi connectivity index (χ0v) is 16.6. The van der Waals surface area contributed by atoms with Crippen molar-refractivity contribution in [1.82, 2.24) is 0 Å². The average Bonchev–Trinajstić information content (AvgIpc) is 2.73. The van der Waals surface area contributed by atoms with Crippen LogP contribution in [0.25, 0.3) is 11.1 Å². The number of benzene rings is 3. The first-order chi connectivity index (χ1) is 14.8. The van der Waals surface area contributed by atoms with Gasteiger partial charge in [0.25, 0.3) is 0 Å². The lowest BCUT2D eigenvalue weighted by Gasteiger charge is -2.12. The standard InChI is InChI=1S/C25H26O4/c1-3-28-23-12-13-24(18(2)15-23)21-6-4-5-20(16-21)17-29-22-10-7-19(8-11-22)9-14-25(26)27/h4-8,10-13,15-16H,3,9,14,17H2,1-2H3,(H,26,27)/i14D2. The quantitative estimate of drug-likeness (QED) is 0.511. The van der Waals surface area contributed by atoms with Crippen LogP contribution >= 0.6 is 0 Å². The van der Waals surface area contributed by atoms with Crippen molar-refractivity contribution in [2.75, 3.05) is 6.61 Å². The second-order valence-corrected chi connectivity index (χ2v) is 6.70. The molecule has 0 aliphatic carbocycles. The summed E-state index contributed by atoms with van der Waals surface area (Å²) in [7, 11) is 0. The molecule has 0 fully saturated rings. The average molecular weight is 392 g/mol. The minimum absolute atomic E-state index is 0.188. The summed E-state index contributed by atoms with van der Waals surface area (Å²) < 4.78 is 26.5. The number of hydrogen-bond acceptors (Lipinski definition) is 3. The van der Waals surface area contributed by atoms with Crippen LogP contribution in [0.5, 0.6) is 11.5 Å². The Morgan fingerprint density at radius 2 is 1.72 bits per heavy atom. The minimum Gasteiger partial charge on any atom is -0.494 e. The van der Waals surface area contributed by atoms with Gasteiger partial charge in [0, 0.05) is 9.11 Å². The molecular formula is C25H26O4. The Bertz CT molecular complexity index is 1050. The Morgan fingerprint density at radius 3 is 2.41 bits per heavy atom. The van der Waals surface area contributed by atoms with Gasteiger partial charge in [-0.1, -0.05) is 36.4 Å². The largest absolute Gasteiger partial charge is 0.494 e. The highest BCUT2D eigenvalue weighted by atomic mass is 16.5. The van der Waals surface area contributed by atoms with Gasteiger partial charge in [0.1, 0.15) is 18.1 Å². The fraction of sp³-hybridized carbons (Fsp3) is 0.240. The Kier molecular flexibility index (Phi) is 6.01. The molecule has 0 radical (unpaired) electrons. The van der Waals surface area contributed by atoms with Crippen LogP contribution < -0.4 is 9.47 Å². The van der Waals surface area contributed by atoms with E-state index in [9.17, 15) is 4.79 Å². The van der Waals surface area contributed by atoms with E-state index in [1.54, 1.807) is 24.3 Å². The van der Waals surface area contributed by atoms with E-state index in [-0.39, 0.29) is 6.42 Å². The predicted octanol–water partition coefficient (Wildman–Crippen LogP) is 5.66. The lowest BCUT2D eigenvalue weighted by atomic mass is 9.99. The van der Waals surface area contributed by atoms with Gasteiger partial charge in [-0.15, -0.1) is 0 Å². The molecule has 0 atom stereocenters. The number of carboxylic acid groups (broad SMARTS) is 1. The number of carbonyl (C=O) groups is 1. The van der Waals surface area contributed by atoms with Crippen molar-refractivity contribution >= 4 is 5.97 Å². The first kappa shape index (κ1) is 17.8. The van der Waals surface area contributed by atoms with Crippen LogP contribution in [0, 0.1) is 6.92 Å². The van der Waals surface area contributed by atoms with Gasteiger partial charge in [-0.2, -0.15) is 0 Å². The Hall–Kier alpha value is -3.27. The van der Waals surface area contributed by atoms with Crippen LogP contribution in [0.4, 0.5) is 0 Å². The molecule has 0 bridgehead atoms. The lowest BCUT2D eigenvalue weighted by molar-refractivity contribution is -0.136. The molecule has 3 aromatic carbocycles. The fourth-order valence-electron chi connectivity index (χ4n) is 3.09. The van der Waals surface area contributed by atoms with Crippen LogP contribution in [0.15, 0.2) is 66.7 Å². The van der Waals surface area contributed by atoms with E-state index in [1.165, 1.54) is 0 Å². The van der Waals surface area contributed by atoms with Gasteiger partial charge in [-0.05, 0) is 78.4 Å². The van der Waals surface area contributed by atoms with E-state index in [0.29, 0.717) is 24.5 Å². The molecule has 0 aliphatic heterocycles. The first-order valence-electron chi connectivity index (χ1n) is 10.6. The molecule has 29 heavy (non-hydrogen) atoms. The molecule has 150 valence electrons. The summed E-state index contributed by atoms with van der Waals surface area (Å²) >= 11 is 0. The maximum absolute atomic E-state index is 10.9. The van der Waals surface area contributed by atoms with Gasteiger partial charge >= 0.3 is 5.97 Å². The van der Waals surface area contributed by atoms with Crippen molar-refractivity contribution in [3.63, 3.8) is 0 Å². The third-order valence-electron chi connectivity index (χ3n) is 4.52. The molecule has 0 aliphatic rings. The molecule has 4 heteroatoms.